The van der Waals surface area contributed by atoms with Crippen molar-refractivity contribution in [1.29, 1.82) is 0 Å². The first-order chi connectivity index (χ1) is 14.2. The lowest BCUT2D eigenvalue weighted by Crippen LogP contribution is -2.07. The molecule has 30 heavy (non-hydrogen) atoms. The number of nitrogens with two attached hydrogens (primary N) is 1. The number of hydrogen-bond donors (Lipinski definition) is 1. The summed E-state index contributed by atoms with van der Waals surface area (Å²) in [6.45, 7) is 0. The monoisotopic (exact) mass is 657 g/mol. The summed E-state index contributed by atoms with van der Waals surface area (Å²) in [5.74, 6) is 0.667. The van der Waals surface area contributed by atoms with Crippen LogP contribution < -0.4 is 15.2 Å². The molecule has 7 nitrogen and oxygen atoms in total. The largest absolute Gasteiger partial charge is 0.496 e. The molecule has 164 valence electrons. The summed E-state index contributed by atoms with van der Waals surface area (Å²) < 4.78 is 22.2. The fourth-order valence-electron chi connectivity index (χ4n) is 2.35. The van der Waals surface area contributed by atoms with Gasteiger partial charge in [0.05, 0.1) is 41.3 Å². The quantitative estimate of drug-likeness (QED) is 0.277. The van der Waals surface area contributed by atoms with Gasteiger partial charge in [0.25, 0.3) is 0 Å². The Kier molecular flexibility index (Phi) is 11.5. The van der Waals surface area contributed by atoms with Crippen LogP contribution in [0.15, 0.2) is 33.2 Å². The Morgan fingerprint density at radius 1 is 0.833 bits per heavy atom. The predicted octanol–water partition coefficient (Wildman–Crippen LogP) is 4.53. The highest BCUT2D eigenvalue weighted by Crippen LogP contribution is 2.31. The summed E-state index contributed by atoms with van der Waals surface area (Å²) >= 11 is 8.92. The van der Waals surface area contributed by atoms with Gasteiger partial charge in [0.2, 0.25) is 0 Å². The predicted molar refractivity (Wildman–Crippen MR) is 130 cm³/mol. The van der Waals surface area contributed by atoms with Gasteiger partial charge in [-0.05, 0) is 40.8 Å². The van der Waals surface area contributed by atoms with Crippen molar-refractivity contribution >= 4 is 72.1 Å². The molecule has 0 heterocycles. The third-order valence-electron chi connectivity index (χ3n) is 3.83. The van der Waals surface area contributed by atoms with Crippen LogP contribution in [0.2, 0.25) is 0 Å². The molecule has 0 unspecified atom stereocenters. The second kappa shape index (κ2) is 13.0. The smallest absolute Gasteiger partial charge is 0.310 e. The molecule has 2 rings (SSSR count). The first kappa shape index (κ1) is 26.5. The standard InChI is InChI=1S/C10H10BrIO3.C10H12BrNO3/c2*1-14-9-4-6(12)3-8(11)7(9)5-10(13)15-2/h3-4H,5H2,1-2H3;3-4H,5,12H2,1-2H3. The molecule has 0 fully saturated rings. The zero-order valence-corrected chi connectivity index (χ0v) is 22.2. The van der Waals surface area contributed by atoms with E-state index in [2.05, 4.69) is 63.9 Å². The van der Waals surface area contributed by atoms with Crippen molar-refractivity contribution < 1.29 is 28.5 Å². The average molecular weight is 659 g/mol. The fraction of sp³-hybridized carbons (Fsp3) is 0.300. The topological polar surface area (TPSA) is 97.1 Å². The van der Waals surface area contributed by atoms with Crippen molar-refractivity contribution in [3.63, 3.8) is 0 Å². The van der Waals surface area contributed by atoms with Gasteiger partial charge in [-0.3, -0.25) is 9.59 Å². The molecule has 2 N–H and O–H groups in total. The maximum absolute atomic E-state index is 11.2. The van der Waals surface area contributed by atoms with Gasteiger partial charge in [0, 0.05) is 35.4 Å². The summed E-state index contributed by atoms with van der Waals surface area (Å²) in [4.78, 5) is 22.3. The lowest BCUT2D eigenvalue weighted by atomic mass is 10.1. The van der Waals surface area contributed by atoms with Gasteiger partial charge in [0.15, 0.2) is 0 Å². The van der Waals surface area contributed by atoms with E-state index >= 15 is 0 Å². The lowest BCUT2D eigenvalue weighted by Gasteiger charge is -2.10. The molecule has 0 spiro atoms. The summed E-state index contributed by atoms with van der Waals surface area (Å²) in [6, 6.07) is 7.20. The third kappa shape index (κ3) is 7.95. The second-order valence-electron chi connectivity index (χ2n) is 5.76. The minimum absolute atomic E-state index is 0.153. The van der Waals surface area contributed by atoms with Crippen LogP contribution in [0.4, 0.5) is 5.69 Å². The summed E-state index contributed by atoms with van der Waals surface area (Å²) in [7, 11) is 5.83. The minimum Gasteiger partial charge on any atom is -0.496 e. The van der Waals surface area contributed by atoms with E-state index < -0.39 is 0 Å². The van der Waals surface area contributed by atoms with E-state index in [4.69, 9.17) is 15.2 Å². The average Bonchev–Trinajstić information content (AvgIpc) is 2.71. The van der Waals surface area contributed by atoms with Crippen molar-refractivity contribution in [2.45, 2.75) is 12.8 Å². The molecule has 0 aliphatic carbocycles. The third-order valence-corrected chi connectivity index (χ3v) is 5.87. The number of nitrogen functional groups attached to an aromatic ring is 1. The van der Waals surface area contributed by atoms with Crippen molar-refractivity contribution in [2.24, 2.45) is 0 Å². The second-order valence-corrected chi connectivity index (χ2v) is 8.71. The number of halogens is 3. The molecule has 10 heteroatoms. The Morgan fingerprint density at radius 2 is 1.27 bits per heavy atom. The highest BCUT2D eigenvalue weighted by Gasteiger charge is 2.14. The van der Waals surface area contributed by atoms with Crippen LogP contribution >= 0.6 is 54.5 Å². The highest BCUT2D eigenvalue weighted by atomic mass is 127. The normalized spacial score (nSPS) is 9.83. The molecule has 0 aromatic heterocycles. The fourth-order valence-corrected chi connectivity index (χ4v) is 4.56. The molecule has 0 aliphatic heterocycles. The first-order valence-corrected chi connectivity index (χ1v) is 11.1. The van der Waals surface area contributed by atoms with Gasteiger partial charge in [-0.25, -0.2) is 0 Å². The number of esters is 2. The maximum Gasteiger partial charge on any atom is 0.310 e. The molecule has 2 aromatic carbocycles. The number of benzene rings is 2. The Balaban J connectivity index is 0.000000300. The molecule has 2 aromatic rings. The minimum atomic E-state index is -0.321. The van der Waals surface area contributed by atoms with Gasteiger partial charge in [-0.1, -0.05) is 31.9 Å². The molecular formula is C20H22Br2INO6. The Hall–Kier alpha value is -1.53. The van der Waals surface area contributed by atoms with E-state index in [9.17, 15) is 9.59 Å². The van der Waals surface area contributed by atoms with Crippen LogP contribution in [0, 0.1) is 3.57 Å². The van der Waals surface area contributed by atoms with Crippen molar-refractivity contribution in [3.8, 4) is 11.5 Å². The number of anilines is 1. The number of rotatable bonds is 6. The number of carbonyl (C=O) groups excluding carboxylic acids is 2. The summed E-state index contributed by atoms with van der Waals surface area (Å²) in [5.41, 5.74) is 7.76. The Bertz CT molecular complexity index is 834. The van der Waals surface area contributed by atoms with Crippen LogP contribution in [-0.4, -0.2) is 40.4 Å². The highest BCUT2D eigenvalue weighted by molar-refractivity contribution is 14.1. The van der Waals surface area contributed by atoms with E-state index in [1.165, 1.54) is 21.3 Å². The summed E-state index contributed by atoms with van der Waals surface area (Å²) in [6.07, 6.45) is 0.359. The molecular weight excluding hydrogens is 637 g/mol. The number of methoxy groups -OCH3 is 4. The molecule has 0 saturated carbocycles. The van der Waals surface area contributed by atoms with Gasteiger partial charge in [-0.15, -0.1) is 0 Å². The number of carbonyl (C=O) groups is 2. The molecule has 0 bridgehead atoms. The van der Waals surface area contributed by atoms with Crippen molar-refractivity contribution in [2.75, 3.05) is 34.2 Å². The SMILES string of the molecule is COC(=O)Cc1c(Br)cc(I)cc1OC.COC(=O)Cc1c(Br)cc(N)cc1OC. The van der Waals surface area contributed by atoms with Crippen molar-refractivity contribution in [1.82, 2.24) is 0 Å². The molecule has 0 amide bonds. The zero-order chi connectivity index (χ0) is 22.8. The molecule has 0 saturated heterocycles. The van der Waals surface area contributed by atoms with Crippen LogP contribution in [0.5, 0.6) is 11.5 Å². The van der Waals surface area contributed by atoms with Crippen LogP contribution in [0.3, 0.4) is 0 Å². The zero-order valence-electron chi connectivity index (χ0n) is 16.9. The van der Waals surface area contributed by atoms with Gasteiger partial charge in [0.1, 0.15) is 11.5 Å². The lowest BCUT2D eigenvalue weighted by molar-refractivity contribution is -0.140. The number of ether oxygens (including phenoxy) is 4. The Labute approximate surface area is 206 Å². The van der Waals surface area contributed by atoms with Gasteiger partial charge < -0.3 is 24.7 Å². The van der Waals surface area contributed by atoms with Crippen molar-refractivity contribution in [3.05, 3.63) is 47.9 Å². The van der Waals surface area contributed by atoms with E-state index in [1.807, 2.05) is 12.1 Å². The van der Waals surface area contributed by atoms with E-state index in [-0.39, 0.29) is 24.8 Å². The van der Waals surface area contributed by atoms with Crippen LogP contribution in [0.25, 0.3) is 0 Å². The number of hydrogen-bond acceptors (Lipinski definition) is 7. The van der Waals surface area contributed by atoms with Crippen LogP contribution in [-0.2, 0) is 31.9 Å². The molecule has 0 radical (unpaired) electrons. The summed E-state index contributed by atoms with van der Waals surface area (Å²) in [5, 5.41) is 0. The van der Waals surface area contributed by atoms with Gasteiger partial charge >= 0.3 is 11.9 Å². The van der Waals surface area contributed by atoms with Crippen LogP contribution in [0.1, 0.15) is 11.1 Å². The first-order valence-electron chi connectivity index (χ1n) is 8.44. The molecule has 0 aliphatic rings. The maximum atomic E-state index is 11.2. The van der Waals surface area contributed by atoms with E-state index in [0.717, 1.165) is 23.6 Å². The van der Waals surface area contributed by atoms with Gasteiger partial charge in [-0.2, -0.15) is 0 Å². The van der Waals surface area contributed by atoms with E-state index in [1.54, 1.807) is 19.2 Å². The Morgan fingerprint density at radius 3 is 1.70 bits per heavy atom. The molecule has 0 atom stereocenters. The van der Waals surface area contributed by atoms with E-state index in [0.29, 0.717) is 17.2 Å².